The van der Waals surface area contributed by atoms with Crippen LogP contribution < -0.4 is 4.74 Å². The van der Waals surface area contributed by atoms with E-state index in [1.807, 2.05) is 24.3 Å². The highest BCUT2D eigenvalue weighted by Crippen LogP contribution is 2.32. The summed E-state index contributed by atoms with van der Waals surface area (Å²) in [6, 6.07) is 7.31. The molecular formula is C16H16O4. The molecule has 0 bridgehead atoms. The zero-order valence-corrected chi connectivity index (χ0v) is 11.9. The Balaban J connectivity index is 2.56. The lowest BCUT2D eigenvalue weighted by Crippen LogP contribution is -1.99. The second kappa shape index (κ2) is 5.33. The highest BCUT2D eigenvalue weighted by molar-refractivity contribution is 6.22. The molecule has 1 aliphatic heterocycles. The molecule has 4 nitrogen and oxygen atoms in total. The fourth-order valence-electron chi connectivity index (χ4n) is 2.17. The van der Waals surface area contributed by atoms with Gasteiger partial charge in [-0.3, -0.25) is 0 Å². The number of esters is 2. The van der Waals surface area contributed by atoms with Gasteiger partial charge in [0.1, 0.15) is 5.75 Å². The Hall–Kier alpha value is -2.36. The number of rotatable bonds is 2. The van der Waals surface area contributed by atoms with Gasteiger partial charge in [-0.05, 0) is 44.0 Å². The van der Waals surface area contributed by atoms with Crippen LogP contribution in [0.5, 0.6) is 5.75 Å². The van der Waals surface area contributed by atoms with Crippen LogP contribution in [0.15, 0.2) is 41.0 Å². The Morgan fingerprint density at radius 2 is 1.50 bits per heavy atom. The van der Waals surface area contributed by atoms with Gasteiger partial charge in [-0.25, -0.2) is 9.59 Å². The molecule has 0 atom stereocenters. The second-order valence-electron chi connectivity index (χ2n) is 4.78. The third-order valence-electron chi connectivity index (χ3n) is 3.24. The summed E-state index contributed by atoms with van der Waals surface area (Å²) in [7, 11) is 1.59. The molecule has 0 unspecified atom stereocenters. The van der Waals surface area contributed by atoms with Gasteiger partial charge >= 0.3 is 11.9 Å². The first kappa shape index (κ1) is 14.1. The number of methoxy groups -OCH3 is 1. The molecule has 0 amide bonds. The highest BCUT2D eigenvalue weighted by atomic mass is 16.6. The van der Waals surface area contributed by atoms with Gasteiger partial charge in [0.05, 0.1) is 18.3 Å². The van der Waals surface area contributed by atoms with Gasteiger partial charge < -0.3 is 9.47 Å². The lowest BCUT2D eigenvalue weighted by atomic mass is 9.95. The minimum absolute atomic E-state index is 0.347. The quantitative estimate of drug-likeness (QED) is 0.472. The summed E-state index contributed by atoms with van der Waals surface area (Å²) < 4.78 is 9.82. The molecule has 0 aliphatic carbocycles. The Morgan fingerprint density at radius 3 is 2.00 bits per heavy atom. The van der Waals surface area contributed by atoms with Crippen LogP contribution in [0.2, 0.25) is 0 Å². The van der Waals surface area contributed by atoms with Crippen LogP contribution in [0.1, 0.15) is 26.3 Å². The number of cyclic esters (lactones) is 2. The lowest BCUT2D eigenvalue weighted by molar-refractivity contribution is -0.149. The Bertz CT molecular complexity index is 629. The molecule has 0 saturated carbocycles. The summed E-state index contributed by atoms with van der Waals surface area (Å²) in [5.41, 5.74) is 3.05. The maximum absolute atomic E-state index is 11.9. The number of carbonyl (C=O) groups is 2. The van der Waals surface area contributed by atoms with Crippen LogP contribution in [0.4, 0.5) is 0 Å². The first-order chi connectivity index (χ1) is 9.45. The van der Waals surface area contributed by atoms with Gasteiger partial charge in [-0.15, -0.1) is 0 Å². The van der Waals surface area contributed by atoms with Gasteiger partial charge in [0.25, 0.3) is 0 Å². The average molecular weight is 272 g/mol. The Labute approximate surface area is 117 Å². The highest BCUT2D eigenvalue weighted by Gasteiger charge is 2.35. The van der Waals surface area contributed by atoms with E-state index < -0.39 is 11.9 Å². The third kappa shape index (κ3) is 2.37. The predicted molar refractivity (Wildman–Crippen MR) is 75.1 cm³/mol. The topological polar surface area (TPSA) is 52.6 Å². The van der Waals surface area contributed by atoms with Crippen molar-refractivity contribution in [2.75, 3.05) is 7.11 Å². The molecule has 4 heteroatoms. The summed E-state index contributed by atoms with van der Waals surface area (Å²) >= 11 is 0. The predicted octanol–water partition coefficient (Wildman–Crippen LogP) is 2.89. The van der Waals surface area contributed by atoms with Crippen molar-refractivity contribution >= 4 is 17.5 Å². The summed E-state index contributed by atoms with van der Waals surface area (Å²) in [4.78, 5) is 23.6. The van der Waals surface area contributed by atoms with E-state index in [2.05, 4.69) is 0 Å². The van der Waals surface area contributed by atoms with Gasteiger partial charge in [-0.1, -0.05) is 17.7 Å². The maximum atomic E-state index is 11.9. The van der Waals surface area contributed by atoms with E-state index in [0.29, 0.717) is 11.1 Å². The standard InChI is InChI=1S/C16H16O4/c1-9(2)13-14(16(18)20-15(13)17)10(3)11-5-7-12(19-4)8-6-11/h5-8H,1-4H3/b14-10+. The van der Waals surface area contributed by atoms with E-state index in [4.69, 9.17) is 9.47 Å². The van der Waals surface area contributed by atoms with Crippen molar-refractivity contribution in [3.05, 3.63) is 46.5 Å². The van der Waals surface area contributed by atoms with E-state index in [1.165, 1.54) is 0 Å². The van der Waals surface area contributed by atoms with Crippen molar-refractivity contribution < 1.29 is 19.1 Å². The minimum atomic E-state index is -0.584. The molecule has 1 saturated heterocycles. The molecule has 104 valence electrons. The van der Waals surface area contributed by atoms with Crippen molar-refractivity contribution in [3.8, 4) is 5.75 Å². The van der Waals surface area contributed by atoms with Crippen LogP contribution >= 0.6 is 0 Å². The first-order valence-corrected chi connectivity index (χ1v) is 6.25. The van der Waals surface area contributed by atoms with Gasteiger partial charge in [-0.2, -0.15) is 0 Å². The average Bonchev–Trinajstić information content (AvgIpc) is 2.72. The molecule has 1 aliphatic rings. The molecule has 1 fully saturated rings. The number of ether oxygens (including phenoxy) is 2. The molecular weight excluding hydrogens is 256 g/mol. The van der Waals surface area contributed by atoms with E-state index in [-0.39, 0.29) is 0 Å². The number of allylic oxidation sites excluding steroid dienone is 2. The summed E-state index contributed by atoms with van der Waals surface area (Å²) in [6.45, 7) is 5.38. The van der Waals surface area contributed by atoms with Crippen molar-refractivity contribution in [1.29, 1.82) is 0 Å². The second-order valence-corrected chi connectivity index (χ2v) is 4.78. The fraction of sp³-hybridized carbons (Fsp3) is 0.250. The van der Waals surface area contributed by atoms with Gasteiger partial charge in [0, 0.05) is 0 Å². The summed E-state index contributed by atoms with van der Waals surface area (Å²) in [6.07, 6.45) is 0. The summed E-state index contributed by atoms with van der Waals surface area (Å²) in [5.74, 6) is -0.420. The lowest BCUT2D eigenvalue weighted by Gasteiger charge is -2.07. The monoisotopic (exact) mass is 272 g/mol. The summed E-state index contributed by atoms with van der Waals surface area (Å²) in [5, 5.41) is 0. The van der Waals surface area contributed by atoms with Crippen LogP contribution in [0, 0.1) is 0 Å². The van der Waals surface area contributed by atoms with Crippen LogP contribution in [-0.4, -0.2) is 19.0 Å². The zero-order valence-electron chi connectivity index (χ0n) is 11.9. The normalized spacial score (nSPS) is 17.1. The van der Waals surface area contributed by atoms with Gasteiger partial charge in [0.15, 0.2) is 0 Å². The number of benzene rings is 1. The van der Waals surface area contributed by atoms with Crippen molar-refractivity contribution in [1.82, 2.24) is 0 Å². The number of carbonyl (C=O) groups excluding carboxylic acids is 2. The molecule has 1 heterocycles. The third-order valence-corrected chi connectivity index (χ3v) is 3.24. The number of hydrogen-bond donors (Lipinski definition) is 0. The van der Waals surface area contributed by atoms with Crippen LogP contribution in [-0.2, 0) is 14.3 Å². The molecule has 0 radical (unpaired) electrons. The van der Waals surface area contributed by atoms with Crippen LogP contribution in [0.3, 0.4) is 0 Å². The van der Waals surface area contributed by atoms with E-state index >= 15 is 0 Å². The Morgan fingerprint density at radius 1 is 0.950 bits per heavy atom. The van der Waals surface area contributed by atoms with E-state index in [1.54, 1.807) is 27.9 Å². The fourth-order valence-corrected chi connectivity index (χ4v) is 2.17. The molecule has 2 rings (SSSR count). The smallest absolute Gasteiger partial charge is 0.347 e. The Kier molecular flexibility index (Phi) is 3.74. The molecule has 1 aromatic rings. The first-order valence-electron chi connectivity index (χ1n) is 6.25. The minimum Gasteiger partial charge on any atom is -0.497 e. The largest absolute Gasteiger partial charge is 0.497 e. The SMILES string of the molecule is COc1ccc(/C(C)=C2/C(=O)OC(=O)C2=C(C)C)cc1. The van der Waals surface area contributed by atoms with E-state index in [9.17, 15) is 9.59 Å². The maximum Gasteiger partial charge on any atom is 0.347 e. The molecule has 0 aromatic heterocycles. The molecule has 0 N–H and O–H groups in total. The van der Waals surface area contributed by atoms with Crippen LogP contribution in [0.25, 0.3) is 5.57 Å². The molecule has 20 heavy (non-hydrogen) atoms. The molecule has 1 aromatic carbocycles. The zero-order chi connectivity index (χ0) is 14.9. The van der Waals surface area contributed by atoms with E-state index in [0.717, 1.165) is 22.5 Å². The van der Waals surface area contributed by atoms with Crippen molar-refractivity contribution in [2.24, 2.45) is 0 Å². The van der Waals surface area contributed by atoms with Crippen molar-refractivity contribution in [2.45, 2.75) is 20.8 Å². The molecule has 0 spiro atoms. The number of hydrogen-bond acceptors (Lipinski definition) is 4. The van der Waals surface area contributed by atoms with Crippen molar-refractivity contribution in [3.63, 3.8) is 0 Å². The van der Waals surface area contributed by atoms with Gasteiger partial charge in [0.2, 0.25) is 0 Å².